The first-order valence-corrected chi connectivity index (χ1v) is 13.4. The topological polar surface area (TPSA) is 9.23 Å². The Balaban J connectivity index is 1.33. The van der Waals surface area contributed by atoms with Gasteiger partial charge in [-0.15, -0.1) is 0 Å². The van der Waals surface area contributed by atoms with Crippen molar-refractivity contribution in [3.8, 4) is 0 Å². The van der Waals surface area contributed by atoms with Crippen LogP contribution in [-0.2, 0) is 4.74 Å². The van der Waals surface area contributed by atoms with Crippen molar-refractivity contribution in [2.75, 3.05) is 6.61 Å². The molecule has 3 rings (SSSR count). The van der Waals surface area contributed by atoms with Gasteiger partial charge in [-0.3, -0.25) is 0 Å². The molecule has 3 fully saturated rings. The van der Waals surface area contributed by atoms with Crippen LogP contribution in [0, 0.1) is 29.6 Å². The normalized spacial score (nSPS) is 37.1. The zero-order valence-electron chi connectivity index (χ0n) is 19.3. The second-order valence-electron chi connectivity index (χ2n) is 10.7. The van der Waals surface area contributed by atoms with Crippen molar-refractivity contribution < 1.29 is 4.74 Å². The molecule has 3 aliphatic rings. The third-order valence-electron chi connectivity index (χ3n) is 8.78. The quantitative estimate of drug-likeness (QED) is 0.339. The fraction of sp³-hybridized carbons (Fsp3) is 1.00. The third-order valence-corrected chi connectivity index (χ3v) is 8.78. The van der Waals surface area contributed by atoms with Gasteiger partial charge in [-0.25, -0.2) is 0 Å². The minimum atomic E-state index is 0.590. The first-order valence-electron chi connectivity index (χ1n) is 13.4. The molecule has 0 aliphatic heterocycles. The van der Waals surface area contributed by atoms with Gasteiger partial charge >= 0.3 is 0 Å². The molecule has 3 aliphatic carbocycles. The molecule has 0 aromatic rings. The summed E-state index contributed by atoms with van der Waals surface area (Å²) in [5.74, 6) is 5.24. The number of hydrogen-bond acceptors (Lipinski definition) is 1. The van der Waals surface area contributed by atoms with Crippen LogP contribution in [0.3, 0.4) is 0 Å². The standard InChI is InChI=1S/C27H50O/c1-3-5-7-20-28-27-11-8-10-26(21-27)25-18-16-24(17-19-25)23-14-12-22(13-15-23)9-6-4-2/h22-27H,3-21H2,1-2H3/t22-,23-,24?,25?,26-,27+/m0/s1. The molecule has 0 amide bonds. The number of rotatable bonds is 10. The lowest BCUT2D eigenvalue weighted by atomic mass is 9.65. The Kier molecular flexibility index (Phi) is 10.2. The van der Waals surface area contributed by atoms with Crippen molar-refractivity contribution in [2.24, 2.45) is 29.6 Å². The van der Waals surface area contributed by atoms with Crippen molar-refractivity contribution in [1.29, 1.82) is 0 Å². The summed E-state index contributed by atoms with van der Waals surface area (Å²) in [5, 5.41) is 0. The maximum atomic E-state index is 6.26. The van der Waals surface area contributed by atoms with Gasteiger partial charge in [-0.05, 0) is 93.8 Å². The average Bonchev–Trinajstić information content (AvgIpc) is 2.76. The molecule has 0 N–H and O–H groups in total. The maximum absolute atomic E-state index is 6.26. The highest BCUT2D eigenvalue weighted by molar-refractivity contribution is 4.86. The summed E-state index contributed by atoms with van der Waals surface area (Å²) in [6, 6.07) is 0. The van der Waals surface area contributed by atoms with Crippen LogP contribution < -0.4 is 0 Å². The minimum Gasteiger partial charge on any atom is -0.378 e. The predicted molar refractivity (Wildman–Crippen MR) is 122 cm³/mol. The van der Waals surface area contributed by atoms with Gasteiger partial charge in [0.15, 0.2) is 0 Å². The van der Waals surface area contributed by atoms with E-state index in [0.717, 1.165) is 36.2 Å². The number of hydrogen-bond donors (Lipinski definition) is 0. The van der Waals surface area contributed by atoms with Gasteiger partial charge in [0.05, 0.1) is 6.10 Å². The van der Waals surface area contributed by atoms with Gasteiger partial charge in [-0.2, -0.15) is 0 Å². The number of unbranched alkanes of at least 4 members (excludes halogenated alkanes) is 3. The lowest BCUT2D eigenvalue weighted by Gasteiger charge is -2.41. The van der Waals surface area contributed by atoms with E-state index in [9.17, 15) is 0 Å². The van der Waals surface area contributed by atoms with Gasteiger partial charge in [0.2, 0.25) is 0 Å². The molecule has 28 heavy (non-hydrogen) atoms. The van der Waals surface area contributed by atoms with Gasteiger partial charge < -0.3 is 4.74 Å². The van der Waals surface area contributed by atoms with Crippen molar-refractivity contribution in [3.05, 3.63) is 0 Å². The number of ether oxygens (including phenoxy) is 1. The van der Waals surface area contributed by atoms with Crippen LogP contribution >= 0.6 is 0 Å². The third kappa shape index (κ3) is 7.03. The van der Waals surface area contributed by atoms with Crippen LogP contribution in [-0.4, -0.2) is 12.7 Å². The molecule has 0 unspecified atom stereocenters. The largest absolute Gasteiger partial charge is 0.378 e. The fourth-order valence-electron chi connectivity index (χ4n) is 6.89. The molecule has 0 heterocycles. The minimum absolute atomic E-state index is 0.590. The van der Waals surface area contributed by atoms with Crippen molar-refractivity contribution in [2.45, 2.75) is 136 Å². The molecular formula is C27H50O. The van der Waals surface area contributed by atoms with Crippen LogP contribution in [0.2, 0.25) is 0 Å². The van der Waals surface area contributed by atoms with Gasteiger partial charge in [0, 0.05) is 6.61 Å². The summed E-state index contributed by atoms with van der Waals surface area (Å²) < 4.78 is 6.26. The molecule has 164 valence electrons. The maximum Gasteiger partial charge on any atom is 0.0577 e. The van der Waals surface area contributed by atoms with E-state index in [-0.39, 0.29) is 0 Å². The Morgan fingerprint density at radius 2 is 1.21 bits per heavy atom. The molecule has 0 bridgehead atoms. The second kappa shape index (κ2) is 12.6. The molecule has 3 saturated carbocycles. The first-order chi connectivity index (χ1) is 13.8. The summed E-state index contributed by atoms with van der Waals surface area (Å²) in [7, 11) is 0. The van der Waals surface area contributed by atoms with E-state index in [2.05, 4.69) is 13.8 Å². The van der Waals surface area contributed by atoms with Crippen LogP contribution in [0.5, 0.6) is 0 Å². The molecule has 1 nitrogen and oxygen atoms in total. The van der Waals surface area contributed by atoms with Crippen molar-refractivity contribution >= 4 is 0 Å². The molecule has 0 aromatic carbocycles. The van der Waals surface area contributed by atoms with Crippen LogP contribution in [0.1, 0.15) is 129 Å². The lowest BCUT2D eigenvalue weighted by molar-refractivity contribution is -0.00533. The van der Waals surface area contributed by atoms with Gasteiger partial charge in [0.1, 0.15) is 0 Å². The Bertz CT molecular complexity index is 389. The molecule has 0 saturated heterocycles. The average molecular weight is 391 g/mol. The van der Waals surface area contributed by atoms with Crippen LogP contribution in [0.25, 0.3) is 0 Å². The summed E-state index contributed by atoms with van der Waals surface area (Å²) in [5.41, 5.74) is 0. The van der Waals surface area contributed by atoms with Gasteiger partial charge in [-0.1, -0.05) is 65.2 Å². The lowest BCUT2D eigenvalue weighted by Crippen LogP contribution is -2.32. The highest BCUT2D eigenvalue weighted by Gasteiger charge is 2.35. The second-order valence-corrected chi connectivity index (χ2v) is 10.7. The Labute approximate surface area is 176 Å². The molecule has 0 aromatic heterocycles. The van der Waals surface area contributed by atoms with Gasteiger partial charge in [0.25, 0.3) is 0 Å². The fourth-order valence-corrected chi connectivity index (χ4v) is 6.89. The summed E-state index contributed by atoms with van der Waals surface area (Å²) in [6.45, 7) is 5.64. The van der Waals surface area contributed by atoms with E-state index in [1.165, 1.54) is 77.0 Å². The Morgan fingerprint density at radius 1 is 0.607 bits per heavy atom. The molecular weight excluding hydrogens is 340 g/mol. The zero-order valence-corrected chi connectivity index (χ0v) is 19.3. The predicted octanol–water partition coefficient (Wildman–Crippen LogP) is 8.56. The van der Waals surface area contributed by atoms with Crippen molar-refractivity contribution in [1.82, 2.24) is 0 Å². The molecule has 0 spiro atoms. The summed E-state index contributed by atoms with van der Waals surface area (Å²) in [6.07, 6.45) is 26.9. The first kappa shape index (κ1) is 22.6. The highest BCUT2D eigenvalue weighted by Crippen LogP contribution is 2.46. The van der Waals surface area contributed by atoms with E-state index < -0.39 is 0 Å². The monoisotopic (exact) mass is 390 g/mol. The van der Waals surface area contributed by atoms with E-state index in [1.54, 1.807) is 38.5 Å². The SMILES string of the molecule is CCCCCO[C@@H]1CCC[C@H](C2CCC([C@H]3CC[C@H](CCCC)CC3)CC2)C1. The molecule has 0 radical (unpaired) electrons. The summed E-state index contributed by atoms with van der Waals surface area (Å²) in [4.78, 5) is 0. The van der Waals surface area contributed by atoms with E-state index >= 15 is 0 Å². The smallest absolute Gasteiger partial charge is 0.0577 e. The Hall–Kier alpha value is -0.0400. The molecule has 1 heteroatoms. The van der Waals surface area contributed by atoms with E-state index in [1.807, 2.05) is 0 Å². The van der Waals surface area contributed by atoms with E-state index in [0.29, 0.717) is 6.10 Å². The Morgan fingerprint density at radius 3 is 1.86 bits per heavy atom. The molecule has 2 atom stereocenters. The van der Waals surface area contributed by atoms with Crippen LogP contribution in [0.15, 0.2) is 0 Å². The van der Waals surface area contributed by atoms with E-state index in [4.69, 9.17) is 4.74 Å². The highest BCUT2D eigenvalue weighted by atomic mass is 16.5. The van der Waals surface area contributed by atoms with Crippen LogP contribution in [0.4, 0.5) is 0 Å². The van der Waals surface area contributed by atoms with Crippen molar-refractivity contribution in [3.63, 3.8) is 0 Å². The zero-order chi connectivity index (χ0) is 19.6. The summed E-state index contributed by atoms with van der Waals surface area (Å²) >= 11 is 0.